The number of nitrogens with two attached hydrogens (primary N) is 1. The van der Waals surface area contributed by atoms with Gasteiger partial charge in [0.1, 0.15) is 0 Å². The lowest BCUT2D eigenvalue weighted by Crippen LogP contribution is -2.13. The molecule has 4 rings (SSSR count). The van der Waals surface area contributed by atoms with Gasteiger partial charge in [0.15, 0.2) is 0 Å². The van der Waals surface area contributed by atoms with Crippen LogP contribution in [0.15, 0.2) is 72.9 Å². The molecule has 0 saturated heterocycles. The first-order valence-corrected chi connectivity index (χ1v) is 8.84. The number of nitrogens with zero attached hydrogens (tertiary/aromatic N) is 2. The van der Waals surface area contributed by atoms with Crippen molar-refractivity contribution in [2.24, 2.45) is 0 Å². The Bertz CT molecular complexity index is 1120. The van der Waals surface area contributed by atoms with E-state index in [0.717, 1.165) is 16.5 Å². The second-order valence-corrected chi connectivity index (χ2v) is 6.64. The van der Waals surface area contributed by atoms with Gasteiger partial charge in [-0.2, -0.15) is 5.10 Å². The number of anilines is 2. The van der Waals surface area contributed by atoms with Gasteiger partial charge in [-0.1, -0.05) is 41.9 Å². The summed E-state index contributed by atoms with van der Waals surface area (Å²) in [5.74, 6) is -0.198. The first-order valence-electron chi connectivity index (χ1n) is 8.46. The van der Waals surface area contributed by atoms with Gasteiger partial charge in [0.05, 0.1) is 28.5 Å². The van der Waals surface area contributed by atoms with Crippen molar-refractivity contribution in [3.8, 4) is 0 Å². The van der Waals surface area contributed by atoms with E-state index in [-0.39, 0.29) is 5.91 Å². The molecule has 0 aliphatic rings. The fraction of sp³-hybridized carbons (Fsp3) is 0.0476. The first kappa shape index (κ1) is 17.1. The minimum absolute atomic E-state index is 0.198. The highest BCUT2D eigenvalue weighted by Crippen LogP contribution is 2.22. The standard InChI is InChI=1S/C21H17ClN4O/c22-17-4-3-7-19-16(17)13-26(25-19)12-14-8-10-15(11-9-14)21(27)24-20-6-2-1-5-18(20)23/h1-11,13H,12,23H2,(H,24,27). The number of rotatable bonds is 4. The number of carbonyl (C=O) groups excluding carboxylic acids is 1. The molecular weight excluding hydrogens is 360 g/mol. The third-order valence-electron chi connectivity index (χ3n) is 4.31. The summed E-state index contributed by atoms with van der Waals surface area (Å²) in [5.41, 5.74) is 9.47. The van der Waals surface area contributed by atoms with E-state index in [9.17, 15) is 4.79 Å². The second-order valence-electron chi connectivity index (χ2n) is 6.24. The molecule has 0 spiro atoms. The Morgan fingerprint density at radius 3 is 2.56 bits per heavy atom. The van der Waals surface area contributed by atoms with Crippen LogP contribution in [0.3, 0.4) is 0 Å². The van der Waals surface area contributed by atoms with Crippen molar-refractivity contribution in [1.82, 2.24) is 9.78 Å². The van der Waals surface area contributed by atoms with E-state index >= 15 is 0 Å². The monoisotopic (exact) mass is 376 g/mol. The van der Waals surface area contributed by atoms with Gasteiger partial charge in [0.25, 0.3) is 5.91 Å². The van der Waals surface area contributed by atoms with Gasteiger partial charge in [-0.3, -0.25) is 9.48 Å². The molecule has 1 aromatic heterocycles. The molecule has 0 atom stereocenters. The second kappa shape index (κ2) is 7.13. The lowest BCUT2D eigenvalue weighted by Gasteiger charge is -2.08. The number of halogens is 1. The maximum Gasteiger partial charge on any atom is 0.255 e. The van der Waals surface area contributed by atoms with Crippen molar-refractivity contribution in [3.63, 3.8) is 0 Å². The van der Waals surface area contributed by atoms with E-state index in [4.69, 9.17) is 17.3 Å². The van der Waals surface area contributed by atoms with Crippen LogP contribution in [0.4, 0.5) is 11.4 Å². The average molecular weight is 377 g/mol. The van der Waals surface area contributed by atoms with Crippen molar-refractivity contribution >= 4 is 39.8 Å². The predicted octanol–water partition coefficient (Wildman–Crippen LogP) is 4.57. The Labute approximate surface area is 161 Å². The molecule has 0 fully saturated rings. The van der Waals surface area contributed by atoms with E-state index in [1.807, 2.05) is 53.3 Å². The number of hydrogen-bond acceptors (Lipinski definition) is 3. The molecule has 3 aromatic carbocycles. The van der Waals surface area contributed by atoms with Crippen molar-refractivity contribution in [1.29, 1.82) is 0 Å². The zero-order valence-electron chi connectivity index (χ0n) is 14.4. The Balaban J connectivity index is 1.49. The summed E-state index contributed by atoms with van der Waals surface area (Å²) in [6.45, 7) is 0.596. The number of nitrogens with one attached hydrogen (secondary N) is 1. The van der Waals surface area contributed by atoms with Gasteiger partial charge in [-0.15, -0.1) is 0 Å². The predicted molar refractivity (Wildman–Crippen MR) is 109 cm³/mol. The number of amides is 1. The number of hydrogen-bond donors (Lipinski definition) is 2. The smallest absolute Gasteiger partial charge is 0.255 e. The summed E-state index contributed by atoms with van der Waals surface area (Å²) >= 11 is 6.20. The van der Waals surface area contributed by atoms with Crippen LogP contribution < -0.4 is 11.1 Å². The molecule has 3 N–H and O–H groups in total. The highest BCUT2D eigenvalue weighted by atomic mass is 35.5. The quantitative estimate of drug-likeness (QED) is 0.512. The van der Waals surface area contributed by atoms with Gasteiger partial charge in [0.2, 0.25) is 0 Å². The number of para-hydroxylation sites is 2. The fourth-order valence-electron chi connectivity index (χ4n) is 2.89. The maximum atomic E-state index is 12.4. The number of nitrogen functional groups attached to an aromatic ring is 1. The normalized spacial score (nSPS) is 10.9. The fourth-order valence-corrected chi connectivity index (χ4v) is 3.11. The Hall–Kier alpha value is -3.31. The molecule has 0 saturated carbocycles. The summed E-state index contributed by atoms with van der Waals surface area (Å²) in [4.78, 5) is 12.4. The molecule has 0 bridgehead atoms. The third-order valence-corrected chi connectivity index (χ3v) is 4.64. The van der Waals surface area contributed by atoms with Crippen LogP contribution in [-0.2, 0) is 6.54 Å². The average Bonchev–Trinajstić information content (AvgIpc) is 3.08. The SMILES string of the molecule is Nc1ccccc1NC(=O)c1ccc(Cn2cc3c(Cl)cccc3n2)cc1. The Kier molecular flexibility index (Phi) is 4.52. The van der Waals surface area contributed by atoms with Gasteiger partial charge in [0, 0.05) is 17.1 Å². The van der Waals surface area contributed by atoms with Crippen molar-refractivity contribution < 1.29 is 4.79 Å². The summed E-state index contributed by atoms with van der Waals surface area (Å²) < 4.78 is 1.84. The molecule has 0 unspecified atom stereocenters. The van der Waals surface area contributed by atoms with Gasteiger partial charge in [-0.05, 0) is 42.0 Å². The lowest BCUT2D eigenvalue weighted by molar-refractivity contribution is 0.102. The van der Waals surface area contributed by atoms with Crippen molar-refractivity contribution in [3.05, 3.63) is 89.1 Å². The summed E-state index contributed by atoms with van der Waals surface area (Å²) in [7, 11) is 0. The van der Waals surface area contributed by atoms with Crippen molar-refractivity contribution in [2.75, 3.05) is 11.1 Å². The number of carbonyl (C=O) groups is 1. The van der Waals surface area contributed by atoms with E-state index in [1.54, 1.807) is 24.3 Å². The van der Waals surface area contributed by atoms with Crippen LogP contribution in [0.1, 0.15) is 15.9 Å². The largest absolute Gasteiger partial charge is 0.397 e. The summed E-state index contributed by atoms with van der Waals surface area (Å²) in [5, 5.41) is 8.97. The van der Waals surface area contributed by atoms with Crippen molar-refractivity contribution in [2.45, 2.75) is 6.54 Å². The zero-order chi connectivity index (χ0) is 18.8. The van der Waals surface area contributed by atoms with Crippen LogP contribution in [-0.4, -0.2) is 15.7 Å². The van der Waals surface area contributed by atoms with Crippen LogP contribution in [0.2, 0.25) is 5.02 Å². The van der Waals surface area contributed by atoms with Crippen LogP contribution in [0.25, 0.3) is 10.9 Å². The van der Waals surface area contributed by atoms with Gasteiger partial charge < -0.3 is 11.1 Å². The number of aromatic nitrogens is 2. The minimum Gasteiger partial charge on any atom is -0.397 e. The zero-order valence-corrected chi connectivity index (χ0v) is 15.1. The molecule has 1 heterocycles. The molecule has 5 nitrogen and oxygen atoms in total. The molecule has 6 heteroatoms. The number of fused-ring (bicyclic) bond motifs is 1. The summed E-state index contributed by atoms with van der Waals surface area (Å²) in [6, 6.07) is 20.3. The molecule has 1 amide bonds. The third kappa shape index (κ3) is 3.64. The minimum atomic E-state index is -0.198. The molecule has 27 heavy (non-hydrogen) atoms. The van der Waals surface area contributed by atoms with Crippen LogP contribution in [0, 0.1) is 0 Å². The van der Waals surface area contributed by atoms with E-state index in [0.29, 0.717) is 28.5 Å². The van der Waals surface area contributed by atoms with E-state index < -0.39 is 0 Å². The first-order chi connectivity index (χ1) is 13.1. The highest BCUT2D eigenvalue weighted by molar-refractivity contribution is 6.35. The molecule has 134 valence electrons. The van der Waals surface area contributed by atoms with Gasteiger partial charge in [-0.25, -0.2) is 0 Å². The van der Waals surface area contributed by atoms with Crippen LogP contribution >= 0.6 is 11.6 Å². The highest BCUT2D eigenvalue weighted by Gasteiger charge is 2.09. The molecular formula is C21H17ClN4O. The Morgan fingerprint density at radius 2 is 1.81 bits per heavy atom. The molecule has 0 aliphatic carbocycles. The maximum absolute atomic E-state index is 12.4. The van der Waals surface area contributed by atoms with Crippen LogP contribution in [0.5, 0.6) is 0 Å². The molecule has 0 aliphatic heterocycles. The number of benzene rings is 3. The lowest BCUT2D eigenvalue weighted by atomic mass is 10.1. The topological polar surface area (TPSA) is 72.9 Å². The van der Waals surface area contributed by atoms with E-state index in [2.05, 4.69) is 10.4 Å². The van der Waals surface area contributed by atoms with E-state index in [1.165, 1.54) is 0 Å². The molecule has 4 aromatic rings. The summed E-state index contributed by atoms with van der Waals surface area (Å²) in [6.07, 6.45) is 1.93. The molecule has 0 radical (unpaired) electrons. The Morgan fingerprint density at radius 1 is 1.04 bits per heavy atom. The van der Waals surface area contributed by atoms with Gasteiger partial charge >= 0.3 is 0 Å².